The van der Waals surface area contributed by atoms with Crippen LogP contribution in [-0.4, -0.2) is 21.0 Å². The number of hydrogen-bond donors (Lipinski definition) is 4. The molecule has 1 aliphatic carbocycles. The van der Waals surface area contributed by atoms with Gasteiger partial charge in [-0.2, -0.15) is 9.65 Å². The predicted molar refractivity (Wildman–Crippen MR) is 141 cm³/mol. The number of aromatic nitrogens is 2. The third-order valence-electron chi connectivity index (χ3n) is 6.46. The molecule has 0 saturated heterocycles. The van der Waals surface area contributed by atoms with Crippen LogP contribution in [0.1, 0.15) is 30.0 Å². The highest BCUT2D eigenvalue weighted by Gasteiger charge is 2.32. The smallest absolute Gasteiger partial charge is 0.249 e. The Morgan fingerprint density at radius 2 is 1.92 bits per heavy atom. The van der Waals surface area contributed by atoms with Gasteiger partial charge in [0.1, 0.15) is 11.9 Å². The fourth-order valence-electron chi connectivity index (χ4n) is 4.43. The lowest BCUT2D eigenvalue weighted by molar-refractivity contribution is 0.260. The van der Waals surface area contributed by atoms with Crippen LogP contribution >= 0.6 is 11.6 Å². The summed E-state index contributed by atoms with van der Waals surface area (Å²) in [4.78, 5) is 7.73. The number of pyridine rings is 2. The molecule has 2 aromatic heterocycles. The molecule has 1 saturated carbocycles. The molecule has 1 atom stereocenters. The zero-order chi connectivity index (χ0) is 27.1. The summed E-state index contributed by atoms with van der Waals surface area (Å²) in [5, 5.41) is 18.8. The van der Waals surface area contributed by atoms with Crippen molar-refractivity contribution in [3.05, 3.63) is 100 Å². The second kappa shape index (κ2) is 9.98. The van der Waals surface area contributed by atoms with Gasteiger partial charge in [-0.3, -0.25) is 9.99 Å². The van der Waals surface area contributed by atoms with Gasteiger partial charge in [-0.1, -0.05) is 23.7 Å². The molecule has 0 unspecified atom stereocenters. The molecule has 196 valence electrons. The molecule has 6 rings (SSSR count). The van der Waals surface area contributed by atoms with Gasteiger partial charge in [-0.25, -0.2) is 13.8 Å². The molecular weight excluding hydrogens is 529 g/mol. The van der Waals surface area contributed by atoms with E-state index in [0.29, 0.717) is 33.9 Å². The summed E-state index contributed by atoms with van der Waals surface area (Å²) in [5.41, 5.74) is 9.26. The van der Waals surface area contributed by atoms with E-state index in [-0.39, 0.29) is 22.1 Å². The van der Waals surface area contributed by atoms with Crippen LogP contribution in [0.15, 0.2) is 66.8 Å². The van der Waals surface area contributed by atoms with Crippen LogP contribution in [0.25, 0.3) is 10.9 Å². The fourth-order valence-corrected chi connectivity index (χ4v) is 4.70. The molecule has 3 heterocycles. The number of nitriles is 1. The average molecular weight is 549 g/mol. The van der Waals surface area contributed by atoms with E-state index < -0.39 is 17.8 Å². The first-order valence-electron chi connectivity index (χ1n) is 12.0. The lowest BCUT2D eigenvalue weighted by atomic mass is 10.0. The monoisotopic (exact) mass is 548 g/mol. The Kier molecular flexibility index (Phi) is 6.34. The molecule has 2 aromatic carbocycles. The molecule has 39 heavy (non-hydrogen) atoms. The molecule has 0 spiro atoms. The topological polar surface area (TPSA) is 101 Å². The minimum atomic E-state index is -1.23. The zero-order valence-electron chi connectivity index (χ0n) is 20.1. The fraction of sp³-hybridized carbons (Fsp3) is 0.148. The normalized spacial score (nSPS) is 15.5. The van der Waals surface area contributed by atoms with E-state index in [0.717, 1.165) is 30.8 Å². The van der Waals surface area contributed by atoms with Gasteiger partial charge in [-0.15, -0.1) is 5.53 Å². The summed E-state index contributed by atoms with van der Waals surface area (Å²) in [7, 11) is 0. The second-order valence-electron chi connectivity index (χ2n) is 9.23. The summed E-state index contributed by atoms with van der Waals surface area (Å²) < 4.78 is 41.4. The number of fused-ring (bicyclic) bond motifs is 1. The lowest BCUT2D eigenvalue weighted by Crippen LogP contribution is -2.38. The quantitative estimate of drug-likeness (QED) is 0.215. The van der Waals surface area contributed by atoms with Gasteiger partial charge in [0, 0.05) is 35.6 Å². The van der Waals surface area contributed by atoms with Gasteiger partial charge in [0.25, 0.3) is 0 Å². The Hall–Kier alpha value is -4.53. The number of halogens is 4. The SMILES string of the molecule is N#Cc1cnc2c(Cl)cc(N[C@H](C3=CN(C4CC4)NN3)c3cccc(F)c3)cc2c1Nc1cnc(F)c(F)c1. The highest BCUT2D eigenvalue weighted by atomic mass is 35.5. The van der Waals surface area contributed by atoms with Crippen molar-refractivity contribution >= 4 is 39.6 Å². The first-order chi connectivity index (χ1) is 18.9. The molecule has 1 fully saturated rings. The van der Waals surface area contributed by atoms with Crippen molar-refractivity contribution in [1.82, 2.24) is 25.9 Å². The van der Waals surface area contributed by atoms with Crippen molar-refractivity contribution in [3.8, 4) is 6.07 Å². The Morgan fingerprint density at radius 1 is 1.08 bits per heavy atom. The molecule has 4 aromatic rings. The third-order valence-corrected chi connectivity index (χ3v) is 6.75. The van der Waals surface area contributed by atoms with Crippen molar-refractivity contribution in [3.63, 3.8) is 0 Å². The molecular formula is C27H20ClF3N8. The van der Waals surface area contributed by atoms with Crippen molar-refractivity contribution < 1.29 is 13.2 Å². The molecule has 2 aliphatic rings. The van der Waals surface area contributed by atoms with Crippen molar-refractivity contribution in [2.24, 2.45) is 0 Å². The van der Waals surface area contributed by atoms with E-state index in [2.05, 4.69) is 37.6 Å². The molecule has 4 N–H and O–H groups in total. The predicted octanol–water partition coefficient (Wildman–Crippen LogP) is 5.80. The summed E-state index contributed by atoms with van der Waals surface area (Å²) in [6, 6.07) is 12.6. The number of nitrogens with zero attached hydrogens (tertiary/aromatic N) is 4. The van der Waals surface area contributed by atoms with Crippen LogP contribution in [0.3, 0.4) is 0 Å². The maximum atomic E-state index is 14.2. The summed E-state index contributed by atoms with van der Waals surface area (Å²) in [5.74, 6) is -2.75. The van der Waals surface area contributed by atoms with Crippen LogP contribution in [0.5, 0.6) is 0 Å². The van der Waals surface area contributed by atoms with Crippen LogP contribution in [-0.2, 0) is 0 Å². The van der Waals surface area contributed by atoms with Crippen molar-refractivity contribution in [2.45, 2.75) is 24.9 Å². The highest BCUT2D eigenvalue weighted by molar-refractivity contribution is 6.36. The maximum absolute atomic E-state index is 14.2. The lowest BCUT2D eigenvalue weighted by Gasteiger charge is -2.22. The van der Waals surface area contributed by atoms with Gasteiger partial charge in [0.2, 0.25) is 5.95 Å². The summed E-state index contributed by atoms with van der Waals surface area (Å²) >= 11 is 6.62. The number of nitrogens with one attached hydrogen (secondary N) is 4. The molecule has 0 radical (unpaired) electrons. The Labute approximate surface area is 226 Å². The average Bonchev–Trinajstić information content (AvgIpc) is 3.66. The standard InChI is InChI=1S/C27H20ClF3N8/c28-21-8-17(35-25(14-2-1-3-16(29)6-14)23-13-39(38-37-23)19-4-5-19)7-20-24(15(10-32)11-33-26(20)21)36-18-9-22(30)27(31)34-12-18/h1-3,6-9,11-13,19,25,35,37-38H,4-5H2,(H,33,36)/t25-/m0/s1. The highest BCUT2D eigenvalue weighted by Crippen LogP contribution is 2.37. The summed E-state index contributed by atoms with van der Waals surface area (Å²) in [6.45, 7) is 0. The maximum Gasteiger partial charge on any atom is 0.249 e. The van der Waals surface area contributed by atoms with Gasteiger partial charge < -0.3 is 16.1 Å². The third kappa shape index (κ3) is 4.99. The van der Waals surface area contributed by atoms with Crippen LogP contribution in [0.4, 0.5) is 30.2 Å². The zero-order valence-corrected chi connectivity index (χ0v) is 20.9. The minimum Gasteiger partial charge on any atom is -0.373 e. The Morgan fingerprint density at radius 3 is 2.67 bits per heavy atom. The van der Waals surface area contributed by atoms with Crippen LogP contribution in [0, 0.1) is 28.9 Å². The van der Waals surface area contributed by atoms with E-state index in [4.69, 9.17) is 11.6 Å². The molecule has 0 bridgehead atoms. The summed E-state index contributed by atoms with van der Waals surface area (Å²) in [6.07, 6.45) is 6.56. The van der Waals surface area contributed by atoms with E-state index in [9.17, 15) is 18.4 Å². The molecule has 8 nitrogen and oxygen atoms in total. The number of anilines is 3. The van der Waals surface area contributed by atoms with Gasteiger partial charge in [-0.05, 0) is 42.7 Å². The van der Waals surface area contributed by atoms with Gasteiger partial charge in [0.15, 0.2) is 5.82 Å². The van der Waals surface area contributed by atoms with Crippen molar-refractivity contribution in [1.29, 1.82) is 5.26 Å². The van der Waals surface area contributed by atoms with Crippen LogP contribution in [0.2, 0.25) is 5.02 Å². The minimum absolute atomic E-state index is 0.136. The van der Waals surface area contributed by atoms with E-state index in [1.54, 1.807) is 18.2 Å². The largest absolute Gasteiger partial charge is 0.373 e. The Bertz CT molecular complexity index is 1670. The first-order valence-corrected chi connectivity index (χ1v) is 12.4. The Balaban J connectivity index is 1.42. The number of hydrazine groups is 2. The number of rotatable bonds is 7. The van der Waals surface area contributed by atoms with Gasteiger partial charge >= 0.3 is 0 Å². The van der Waals surface area contributed by atoms with Gasteiger partial charge in [0.05, 0.1) is 45.4 Å². The second-order valence-corrected chi connectivity index (χ2v) is 9.63. The molecule has 0 amide bonds. The van der Waals surface area contributed by atoms with Crippen molar-refractivity contribution in [2.75, 3.05) is 10.6 Å². The molecule has 12 heteroatoms. The van der Waals surface area contributed by atoms with E-state index in [1.165, 1.54) is 18.3 Å². The number of benzene rings is 2. The van der Waals surface area contributed by atoms with E-state index in [1.807, 2.05) is 17.3 Å². The van der Waals surface area contributed by atoms with E-state index >= 15 is 0 Å². The molecule has 1 aliphatic heterocycles. The first kappa shape index (κ1) is 24.8. The number of hydrogen-bond acceptors (Lipinski definition) is 8. The van der Waals surface area contributed by atoms with Crippen LogP contribution < -0.4 is 21.6 Å².